The Morgan fingerprint density at radius 3 is 2.01 bits per heavy atom. The molecule has 15 N–H and O–H groups in total. The van der Waals surface area contributed by atoms with Crippen LogP contribution in [0.5, 0.6) is 5.75 Å². The Bertz CT molecular complexity index is 2190. The molecule has 3 saturated heterocycles. The van der Waals surface area contributed by atoms with Crippen molar-refractivity contribution in [2.24, 2.45) is 17.6 Å². The molecule has 0 unspecified atom stereocenters. The van der Waals surface area contributed by atoms with E-state index in [-0.39, 0.29) is 38.1 Å². The number of nitrogens with one attached hydrogen (secondary N) is 6. The predicted molar refractivity (Wildman–Crippen MR) is 293 cm³/mol. The second kappa shape index (κ2) is 32.8. The molecule has 3 fully saturated rings. The van der Waals surface area contributed by atoms with Crippen LogP contribution >= 0.6 is 0 Å². The summed E-state index contributed by atoms with van der Waals surface area (Å²) in [4.78, 5) is 117. The first-order valence-electron chi connectivity index (χ1n) is 28.4. The molecule has 0 bridgehead atoms. The number of phenolic OH excluding ortho intramolecular Hbond substituents is 1. The highest BCUT2D eigenvalue weighted by Gasteiger charge is 2.48. The normalized spacial score (nSPS) is 27.6. The minimum atomic E-state index is -2.13. The van der Waals surface area contributed by atoms with Gasteiger partial charge in [0, 0.05) is 58.4 Å². The van der Waals surface area contributed by atoms with Gasteiger partial charge in [-0.15, -0.1) is 0 Å². The van der Waals surface area contributed by atoms with E-state index in [1.54, 1.807) is 0 Å². The maximum Gasteiger partial charge on any atom is 0.248 e. The number of hydrogen-bond donors (Lipinski definition) is 14. The van der Waals surface area contributed by atoms with Crippen molar-refractivity contribution in [1.29, 1.82) is 0 Å². The van der Waals surface area contributed by atoms with E-state index in [2.05, 4.69) is 52.7 Å². The standard InChI is InChI=1S/C55H92N10O15/c1-7-31(2)24-32(3)14-12-10-8-9-11-13-15-45(74)58-37-27-41(70)38(29-57-21-23-63(5)6)59-53(78)49-40(69)20-22-64(49)55(80)48(43(72)28-44(56)73)62-52(77)47(42(71)25-34-16-18-35(67)19-17-34)61-51(76)39-26-36(68)30-65(39)54(79)46(33(4)66)60-50(37)75/h16-19,31-33,36-43,46-49,57,66-72H,7-15,20-30H2,1-6H3,(H2,56,73)(H,58,74)(H,59,78)(H,60,75)(H,61,76)(H,62,77)/t31-,32+,33+,36+,37-,38-,39-,40-,41+,42+,43+,46-,47-,48-,49-/m0/s1. The number of phenols is 1. The second-order valence-electron chi connectivity index (χ2n) is 22.7. The van der Waals surface area contributed by atoms with Gasteiger partial charge in [-0.25, -0.2) is 0 Å². The van der Waals surface area contributed by atoms with Gasteiger partial charge in [0.2, 0.25) is 47.3 Å². The summed E-state index contributed by atoms with van der Waals surface area (Å²) in [6.45, 7) is 7.73. The number of nitrogens with two attached hydrogens (primary N) is 1. The van der Waals surface area contributed by atoms with E-state index in [0.29, 0.717) is 36.9 Å². The largest absolute Gasteiger partial charge is 0.508 e. The lowest BCUT2D eigenvalue weighted by Crippen LogP contribution is -2.64. The lowest BCUT2D eigenvalue weighted by Gasteiger charge is -2.34. The Morgan fingerprint density at radius 1 is 0.750 bits per heavy atom. The number of rotatable bonds is 25. The summed E-state index contributed by atoms with van der Waals surface area (Å²) in [6.07, 6.45) is -4.12. The SMILES string of the molecule is CC[C@H](C)C[C@H](C)CCCCCCCCC(=O)N[C@H]1C[C@@H](O)[C@H](CNCCN(C)C)NC(=O)[C@@H]2[C@@H](O)CCN2C(=O)[C@H]([C@H](O)CC(N)=O)NC(=O)[C@H]([C@H](O)Cc2ccc(O)cc2)NC(=O)[C@@H]2C[C@@H](O)CN2C(=O)[C@H]([C@@H](C)O)NC1=O. The number of primary amides is 1. The van der Waals surface area contributed by atoms with Crippen molar-refractivity contribution >= 4 is 47.3 Å². The minimum absolute atomic E-state index is 0.0140. The summed E-state index contributed by atoms with van der Waals surface area (Å²) in [5.74, 6) is -7.29. The quantitative estimate of drug-likeness (QED) is 0.0446. The number of unbranched alkanes of at least 4 members (excludes halogenated alkanes) is 5. The van der Waals surface area contributed by atoms with Crippen LogP contribution in [0.1, 0.15) is 123 Å². The molecule has 25 nitrogen and oxygen atoms in total. The molecule has 15 atom stereocenters. The van der Waals surface area contributed by atoms with Gasteiger partial charge < -0.3 is 88.1 Å². The molecule has 1 aromatic carbocycles. The van der Waals surface area contributed by atoms with Crippen molar-refractivity contribution in [3.8, 4) is 5.75 Å². The first-order valence-corrected chi connectivity index (χ1v) is 28.4. The molecule has 0 spiro atoms. The highest BCUT2D eigenvalue weighted by atomic mass is 16.3. The van der Waals surface area contributed by atoms with E-state index in [1.165, 1.54) is 37.6 Å². The van der Waals surface area contributed by atoms with Gasteiger partial charge in [-0.2, -0.15) is 0 Å². The van der Waals surface area contributed by atoms with Crippen LogP contribution in [0.15, 0.2) is 24.3 Å². The van der Waals surface area contributed by atoms with Crippen LogP contribution in [0.4, 0.5) is 0 Å². The summed E-state index contributed by atoms with van der Waals surface area (Å²) in [6, 6.07) is -6.92. The number of likely N-dealkylation sites (N-methyl/N-ethyl adjacent to an activating group) is 1. The maximum absolute atomic E-state index is 14.7. The van der Waals surface area contributed by atoms with Gasteiger partial charge in [0.25, 0.3) is 0 Å². The van der Waals surface area contributed by atoms with Crippen LogP contribution < -0.4 is 37.6 Å². The van der Waals surface area contributed by atoms with Crippen molar-refractivity contribution in [3.63, 3.8) is 0 Å². The molecule has 25 heteroatoms. The number of amides is 8. The fourth-order valence-corrected chi connectivity index (χ4v) is 10.6. The number of benzene rings is 1. The highest BCUT2D eigenvalue weighted by molar-refractivity contribution is 5.98. The van der Waals surface area contributed by atoms with Crippen LogP contribution in [0.25, 0.3) is 0 Å². The lowest BCUT2D eigenvalue weighted by molar-refractivity contribution is -0.148. The first kappa shape index (κ1) is 67.0. The summed E-state index contributed by atoms with van der Waals surface area (Å²) < 4.78 is 0. The van der Waals surface area contributed by atoms with Crippen molar-refractivity contribution in [1.82, 2.24) is 46.6 Å². The Balaban J connectivity index is 1.75. The summed E-state index contributed by atoms with van der Waals surface area (Å²) in [5, 5.41) is 94.1. The molecule has 4 rings (SSSR count). The molecule has 3 aliphatic rings. The van der Waals surface area contributed by atoms with Gasteiger partial charge in [-0.05, 0) is 69.8 Å². The van der Waals surface area contributed by atoms with E-state index >= 15 is 0 Å². The number of aliphatic hydroxyl groups excluding tert-OH is 6. The number of carbonyl (C=O) groups excluding carboxylic acids is 8. The van der Waals surface area contributed by atoms with Crippen LogP contribution in [-0.4, -0.2) is 223 Å². The smallest absolute Gasteiger partial charge is 0.248 e. The Kier molecular flexibility index (Phi) is 27.4. The van der Waals surface area contributed by atoms with Crippen LogP contribution in [0, 0.1) is 11.8 Å². The van der Waals surface area contributed by atoms with Gasteiger partial charge in [0.15, 0.2) is 0 Å². The third kappa shape index (κ3) is 20.8. The number of aliphatic hydroxyl groups is 6. The maximum atomic E-state index is 14.7. The van der Waals surface area contributed by atoms with Crippen molar-refractivity contribution in [2.75, 3.05) is 46.8 Å². The average molecular weight is 1130 g/mol. The summed E-state index contributed by atoms with van der Waals surface area (Å²) >= 11 is 0. The number of nitrogens with zero attached hydrogens (tertiary/aromatic N) is 3. The molecule has 0 saturated carbocycles. The number of aromatic hydroxyl groups is 1. The molecule has 0 radical (unpaired) electrons. The molecule has 0 aromatic heterocycles. The van der Waals surface area contributed by atoms with Gasteiger partial charge in [0.1, 0.15) is 42.0 Å². The van der Waals surface area contributed by atoms with Crippen molar-refractivity contribution < 1.29 is 74.1 Å². The summed E-state index contributed by atoms with van der Waals surface area (Å²) in [7, 11) is 3.64. The Labute approximate surface area is 469 Å². The molecule has 80 heavy (non-hydrogen) atoms. The lowest BCUT2D eigenvalue weighted by atomic mass is 9.91. The molecule has 0 aliphatic carbocycles. The fraction of sp³-hybridized carbons (Fsp3) is 0.745. The van der Waals surface area contributed by atoms with E-state index in [4.69, 9.17) is 5.73 Å². The van der Waals surface area contributed by atoms with E-state index < -0.39 is 152 Å². The van der Waals surface area contributed by atoms with Gasteiger partial charge >= 0.3 is 0 Å². The number of hydrogen-bond acceptors (Lipinski definition) is 17. The predicted octanol–water partition coefficient (Wildman–Crippen LogP) is -2.63. The topological polar surface area (TPSA) is 386 Å². The zero-order valence-corrected chi connectivity index (χ0v) is 47.4. The molecular weight excluding hydrogens is 1040 g/mol. The minimum Gasteiger partial charge on any atom is -0.508 e. The zero-order valence-electron chi connectivity index (χ0n) is 47.4. The van der Waals surface area contributed by atoms with E-state index in [1.807, 2.05) is 19.0 Å². The van der Waals surface area contributed by atoms with Crippen molar-refractivity contribution in [3.05, 3.63) is 29.8 Å². The average Bonchev–Trinajstić information content (AvgIpc) is 4.10. The van der Waals surface area contributed by atoms with Crippen molar-refractivity contribution in [2.45, 2.75) is 203 Å². The highest BCUT2D eigenvalue weighted by Crippen LogP contribution is 2.25. The number of carbonyl (C=O) groups is 8. The molecule has 452 valence electrons. The number of fused-ring (bicyclic) bond motifs is 2. The Morgan fingerprint density at radius 2 is 1.38 bits per heavy atom. The molecule has 3 heterocycles. The van der Waals surface area contributed by atoms with Crippen LogP contribution in [0.3, 0.4) is 0 Å². The van der Waals surface area contributed by atoms with Gasteiger partial charge in [-0.1, -0.05) is 77.8 Å². The van der Waals surface area contributed by atoms with E-state index in [0.717, 1.165) is 54.7 Å². The molecular formula is C55H92N10O15. The van der Waals surface area contributed by atoms with E-state index in [9.17, 15) is 74.1 Å². The monoisotopic (exact) mass is 1130 g/mol. The molecule has 8 amide bonds. The van der Waals surface area contributed by atoms with Gasteiger partial charge in [0.05, 0.1) is 49.1 Å². The van der Waals surface area contributed by atoms with Gasteiger partial charge in [-0.3, -0.25) is 38.4 Å². The first-order chi connectivity index (χ1) is 37.8. The Hall–Kier alpha value is -5.54. The van der Waals surface area contributed by atoms with Crippen LogP contribution in [0.2, 0.25) is 0 Å². The third-order valence-corrected chi connectivity index (χ3v) is 15.4. The summed E-state index contributed by atoms with van der Waals surface area (Å²) in [5.41, 5.74) is 5.77. The molecule has 3 aliphatic heterocycles. The zero-order chi connectivity index (χ0) is 59.4. The molecule has 1 aromatic rings. The third-order valence-electron chi connectivity index (χ3n) is 15.4. The fourth-order valence-electron chi connectivity index (χ4n) is 10.6. The van der Waals surface area contributed by atoms with Crippen LogP contribution in [-0.2, 0) is 44.8 Å². The second-order valence-corrected chi connectivity index (χ2v) is 22.7.